The topological polar surface area (TPSA) is 66.5 Å². The molecule has 2 aromatic rings. The van der Waals surface area contributed by atoms with Gasteiger partial charge >= 0.3 is 0 Å². The lowest BCUT2D eigenvalue weighted by atomic mass is 10.2. The number of sulfonamides is 1. The van der Waals surface area contributed by atoms with E-state index in [1.165, 1.54) is 16.4 Å². The zero-order valence-electron chi connectivity index (χ0n) is 14.3. The van der Waals surface area contributed by atoms with Crippen LogP contribution in [0.2, 0.25) is 0 Å². The van der Waals surface area contributed by atoms with Crippen LogP contribution in [0.5, 0.6) is 0 Å². The van der Waals surface area contributed by atoms with Crippen LogP contribution in [0.4, 0.5) is 15.8 Å². The summed E-state index contributed by atoms with van der Waals surface area (Å²) in [5, 5.41) is 2.50. The number of nitrogens with zero attached hydrogens (tertiary/aromatic N) is 1. The number of hydrogen-bond acceptors (Lipinski definition) is 3. The smallest absolute Gasteiger partial charge is 0.248 e. The first-order chi connectivity index (χ1) is 12.3. The molecule has 7 heteroatoms. The Morgan fingerprint density at radius 2 is 1.92 bits per heavy atom. The third-order valence-electron chi connectivity index (χ3n) is 4.09. The molecule has 1 aliphatic rings. The number of nitrogens with one attached hydrogen (secondary N) is 1. The monoisotopic (exact) mass is 374 g/mol. The Morgan fingerprint density at radius 3 is 2.58 bits per heavy atom. The molecular weight excluding hydrogens is 355 g/mol. The Morgan fingerprint density at radius 1 is 1.19 bits per heavy atom. The van der Waals surface area contributed by atoms with E-state index in [1.54, 1.807) is 42.5 Å². The Kier molecular flexibility index (Phi) is 5.08. The van der Waals surface area contributed by atoms with Crippen LogP contribution >= 0.6 is 0 Å². The number of rotatable bonds is 4. The summed E-state index contributed by atoms with van der Waals surface area (Å²) in [4.78, 5) is 12.0. The molecule has 1 amide bonds. The van der Waals surface area contributed by atoms with Crippen molar-refractivity contribution < 1.29 is 17.6 Å². The van der Waals surface area contributed by atoms with Crippen molar-refractivity contribution >= 4 is 33.4 Å². The standard InChI is InChI=1S/C19H19FN2O3S/c1-14-3-9-17(20)18(13-14)21-19(23)10-6-15-4-7-16(8-5-15)22-11-2-12-26(22,24)25/h3-10,13H,2,11-12H2,1H3,(H,21,23)/b10-6+. The van der Waals surface area contributed by atoms with E-state index in [4.69, 9.17) is 0 Å². The Hall–Kier alpha value is -2.67. The van der Waals surface area contributed by atoms with Gasteiger partial charge in [0.1, 0.15) is 5.82 Å². The minimum Gasteiger partial charge on any atom is -0.320 e. The van der Waals surface area contributed by atoms with Crippen LogP contribution in [0.15, 0.2) is 48.5 Å². The molecule has 1 saturated heterocycles. The number of amides is 1. The number of anilines is 2. The van der Waals surface area contributed by atoms with Crippen molar-refractivity contribution in [2.45, 2.75) is 13.3 Å². The molecule has 3 rings (SSSR count). The second-order valence-corrected chi connectivity index (χ2v) is 8.15. The fraction of sp³-hybridized carbons (Fsp3) is 0.211. The minimum absolute atomic E-state index is 0.134. The van der Waals surface area contributed by atoms with Gasteiger partial charge in [0, 0.05) is 12.6 Å². The molecule has 1 aliphatic heterocycles. The molecule has 1 heterocycles. The van der Waals surface area contributed by atoms with Crippen molar-refractivity contribution in [2.24, 2.45) is 0 Å². The molecule has 0 saturated carbocycles. The van der Waals surface area contributed by atoms with Gasteiger partial charge in [-0.3, -0.25) is 9.10 Å². The lowest BCUT2D eigenvalue weighted by Crippen LogP contribution is -2.24. The minimum atomic E-state index is -3.21. The van der Waals surface area contributed by atoms with Crippen LogP contribution in [0.1, 0.15) is 17.5 Å². The number of carbonyl (C=O) groups is 1. The van der Waals surface area contributed by atoms with Gasteiger partial charge in [0.05, 0.1) is 17.1 Å². The average molecular weight is 374 g/mol. The van der Waals surface area contributed by atoms with E-state index in [1.807, 2.05) is 6.92 Å². The normalized spacial score (nSPS) is 16.2. The summed E-state index contributed by atoms with van der Waals surface area (Å²) in [6, 6.07) is 11.4. The maximum absolute atomic E-state index is 13.7. The van der Waals surface area contributed by atoms with Crippen LogP contribution in [0.25, 0.3) is 6.08 Å². The number of halogens is 1. The summed E-state index contributed by atoms with van der Waals surface area (Å²) in [6.45, 7) is 2.30. The first-order valence-electron chi connectivity index (χ1n) is 8.21. The highest BCUT2D eigenvalue weighted by atomic mass is 32.2. The van der Waals surface area contributed by atoms with Crippen molar-refractivity contribution in [3.63, 3.8) is 0 Å². The molecule has 1 fully saturated rings. The number of carbonyl (C=O) groups excluding carboxylic acids is 1. The summed E-state index contributed by atoms with van der Waals surface area (Å²) in [5.74, 6) is -0.765. The molecule has 5 nitrogen and oxygen atoms in total. The van der Waals surface area contributed by atoms with Gasteiger partial charge < -0.3 is 5.32 Å². The molecular formula is C19H19FN2O3S. The van der Waals surface area contributed by atoms with Gasteiger partial charge in [0.2, 0.25) is 15.9 Å². The largest absolute Gasteiger partial charge is 0.320 e. The van der Waals surface area contributed by atoms with Crippen LogP contribution < -0.4 is 9.62 Å². The van der Waals surface area contributed by atoms with E-state index in [0.29, 0.717) is 18.7 Å². The number of benzene rings is 2. The second-order valence-electron chi connectivity index (χ2n) is 6.14. The zero-order chi connectivity index (χ0) is 18.7. The van der Waals surface area contributed by atoms with Crippen LogP contribution in [-0.2, 0) is 14.8 Å². The molecule has 0 bridgehead atoms. The van der Waals surface area contributed by atoms with Crippen molar-refractivity contribution in [2.75, 3.05) is 21.9 Å². The summed E-state index contributed by atoms with van der Waals surface area (Å²) < 4.78 is 38.9. The zero-order valence-corrected chi connectivity index (χ0v) is 15.1. The highest BCUT2D eigenvalue weighted by molar-refractivity contribution is 7.93. The third-order valence-corrected chi connectivity index (χ3v) is 5.96. The SMILES string of the molecule is Cc1ccc(F)c(NC(=O)/C=C/c2ccc(N3CCCS3(=O)=O)cc2)c1. The van der Waals surface area contributed by atoms with E-state index in [-0.39, 0.29) is 11.4 Å². The molecule has 0 aliphatic carbocycles. The van der Waals surface area contributed by atoms with Crippen LogP contribution in [-0.4, -0.2) is 26.6 Å². The Bertz CT molecular complexity index is 953. The second kappa shape index (κ2) is 7.29. The fourth-order valence-electron chi connectivity index (χ4n) is 2.76. The van der Waals surface area contributed by atoms with E-state index < -0.39 is 21.7 Å². The molecule has 1 N–H and O–H groups in total. The molecule has 136 valence electrons. The van der Waals surface area contributed by atoms with Gasteiger partial charge in [-0.2, -0.15) is 0 Å². The lowest BCUT2D eigenvalue weighted by molar-refractivity contribution is -0.111. The van der Waals surface area contributed by atoms with Gasteiger partial charge in [-0.05, 0) is 54.8 Å². The van der Waals surface area contributed by atoms with Crippen molar-refractivity contribution in [3.05, 3.63) is 65.5 Å². The van der Waals surface area contributed by atoms with Gasteiger partial charge in [-0.25, -0.2) is 12.8 Å². The van der Waals surface area contributed by atoms with Crippen LogP contribution in [0.3, 0.4) is 0 Å². The van der Waals surface area contributed by atoms with Gasteiger partial charge in [-0.1, -0.05) is 18.2 Å². The lowest BCUT2D eigenvalue weighted by Gasteiger charge is -2.16. The van der Waals surface area contributed by atoms with Gasteiger partial charge in [0.15, 0.2) is 0 Å². The Balaban J connectivity index is 1.67. The highest BCUT2D eigenvalue weighted by Crippen LogP contribution is 2.24. The van der Waals surface area contributed by atoms with E-state index >= 15 is 0 Å². The quantitative estimate of drug-likeness (QED) is 0.835. The molecule has 0 atom stereocenters. The van der Waals surface area contributed by atoms with Crippen molar-refractivity contribution in [1.82, 2.24) is 0 Å². The Labute approximate surface area is 152 Å². The first kappa shape index (κ1) is 18.1. The summed E-state index contributed by atoms with van der Waals surface area (Å²) in [7, 11) is -3.21. The first-order valence-corrected chi connectivity index (χ1v) is 9.82. The van der Waals surface area contributed by atoms with Gasteiger partial charge in [0.25, 0.3) is 0 Å². The van der Waals surface area contributed by atoms with Crippen LogP contribution in [0, 0.1) is 12.7 Å². The maximum atomic E-state index is 13.7. The predicted octanol–water partition coefficient (Wildman–Crippen LogP) is 3.33. The fourth-order valence-corrected chi connectivity index (χ4v) is 4.33. The van der Waals surface area contributed by atoms with E-state index in [9.17, 15) is 17.6 Å². The predicted molar refractivity (Wildman–Crippen MR) is 101 cm³/mol. The molecule has 26 heavy (non-hydrogen) atoms. The highest BCUT2D eigenvalue weighted by Gasteiger charge is 2.28. The summed E-state index contributed by atoms with van der Waals surface area (Å²) in [6.07, 6.45) is 3.52. The molecule has 0 aromatic heterocycles. The number of aryl methyl sites for hydroxylation is 1. The average Bonchev–Trinajstić information content (AvgIpc) is 2.96. The third kappa shape index (κ3) is 4.11. The van der Waals surface area contributed by atoms with Crippen molar-refractivity contribution in [3.8, 4) is 0 Å². The molecule has 2 aromatic carbocycles. The number of hydrogen-bond donors (Lipinski definition) is 1. The van der Waals surface area contributed by atoms with E-state index in [0.717, 1.165) is 11.1 Å². The molecule has 0 radical (unpaired) electrons. The molecule has 0 spiro atoms. The summed E-state index contributed by atoms with van der Waals surface area (Å²) in [5.41, 5.74) is 2.34. The maximum Gasteiger partial charge on any atom is 0.248 e. The van der Waals surface area contributed by atoms with Crippen molar-refractivity contribution in [1.29, 1.82) is 0 Å². The van der Waals surface area contributed by atoms with E-state index in [2.05, 4.69) is 5.32 Å². The summed E-state index contributed by atoms with van der Waals surface area (Å²) >= 11 is 0. The molecule has 0 unspecified atom stereocenters. The van der Waals surface area contributed by atoms with Gasteiger partial charge in [-0.15, -0.1) is 0 Å².